The Kier molecular flexibility index (Phi) is 2.32. The van der Waals surface area contributed by atoms with E-state index in [4.69, 9.17) is 0 Å². The fourth-order valence-electron chi connectivity index (χ4n) is 0.810. The zero-order valence-electron chi connectivity index (χ0n) is 6.39. The number of hydrogen-bond acceptors (Lipinski definition) is 1. The molecule has 0 heterocycles. The van der Waals surface area contributed by atoms with Crippen molar-refractivity contribution in [3.05, 3.63) is 36.4 Å². The molecule has 1 heteroatoms. The first-order valence-electron chi connectivity index (χ1n) is 3.41. The molecule has 0 bridgehead atoms. The Morgan fingerprint density at radius 2 is 1.70 bits per heavy atom. The summed E-state index contributed by atoms with van der Waals surface area (Å²) in [5.74, 6) is 0. The van der Waals surface area contributed by atoms with Gasteiger partial charge in [-0.15, -0.1) is 0 Å². The largest absolute Gasteiger partial charge is 0.378 e. The molecular formula is C9H12N. The van der Waals surface area contributed by atoms with Crippen molar-refractivity contribution >= 4 is 5.69 Å². The Labute approximate surface area is 62.1 Å². The lowest BCUT2D eigenvalue weighted by molar-refractivity contribution is 1.11. The van der Waals surface area contributed by atoms with Gasteiger partial charge in [-0.2, -0.15) is 0 Å². The molecule has 0 atom stereocenters. The van der Waals surface area contributed by atoms with Gasteiger partial charge in [-0.25, -0.2) is 0 Å². The Bertz CT molecular complexity index is 179. The van der Waals surface area contributed by atoms with E-state index < -0.39 is 0 Å². The number of anilines is 1. The molecule has 53 valence electrons. The highest BCUT2D eigenvalue weighted by molar-refractivity contribution is 5.45. The molecular weight excluding hydrogens is 122 g/mol. The number of rotatable bonds is 2. The minimum atomic E-state index is 1.16. The topological polar surface area (TPSA) is 12.0 Å². The molecule has 0 aliphatic heterocycles. The zero-order valence-corrected chi connectivity index (χ0v) is 6.39. The van der Waals surface area contributed by atoms with Gasteiger partial charge in [0.2, 0.25) is 0 Å². The molecule has 1 aromatic carbocycles. The van der Waals surface area contributed by atoms with Gasteiger partial charge in [0.15, 0.2) is 0 Å². The maximum absolute atomic E-state index is 3.22. The van der Waals surface area contributed by atoms with Crippen molar-refractivity contribution in [1.82, 2.24) is 0 Å². The molecule has 1 aromatic rings. The van der Waals surface area contributed by atoms with Crippen LogP contribution in [0, 0.1) is 6.04 Å². The van der Waals surface area contributed by atoms with Crippen LogP contribution in [-0.4, -0.2) is 0 Å². The van der Waals surface area contributed by atoms with Crippen LogP contribution in [0.4, 0.5) is 5.69 Å². The van der Waals surface area contributed by atoms with E-state index in [1.807, 2.05) is 44.2 Å². The first-order valence-corrected chi connectivity index (χ1v) is 3.41. The monoisotopic (exact) mass is 134 g/mol. The van der Waals surface area contributed by atoms with E-state index in [-0.39, 0.29) is 0 Å². The summed E-state index contributed by atoms with van der Waals surface area (Å²) < 4.78 is 0. The third-order valence-corrected chi connectivity index (χ3v) is 1.17. The van der Waals surface area contributed by atoms with Crippen LogP contribution in [0.15, 0.2) is 30.3 Å². The quantitative estimate of drug-likeness (QED) is 0.655. The van der Waals surface area contributed by atoms with E-state index in [0.717, 1.165) is 5.69 Å². The second kappa shape index (κ2) is 3.25. The van der Waals surface area contributed by atoms with E-state index in [9.17, 15) is 0 Å². The molecule has 0 unspecified atom stereocenters. The molecule has 0 spiro atoms. The van der Waals surface area contributed by atoms with E-state index in [2.05, 4.69) is 5.32 Å². The third-order valence-electron chi connectivity index (χ3n) is 1.17. The standard InChI is InChI=1S/C9H12N/c1-8(2)10-9-6-4-3-5-7-9/h3-7,10H,1-2H3. The van der Waals surface area contributed by atoms with E-state index in [1.165, 1.54) is 6.04 Å². The summed E-state index contributed by atoms with van der Waals surface area (Å²) in [5, 5.41) is 3.22. The molecule has 0 amide bonds. The van der Waals surface area contributed by atoms with E-state index in [1.54, 1.807) is 0 Å². The van der Waals surface area contributed by atoms with E-state index in [0.29, 0.717) is 0 Å². The van der Waals surface area contributed by atoms with Crippen molar-refractivity contribution in [3.8, 4) is 0 Å². The van der Waals surface area contributed by atoms with Gasteiger partial charge in [0.05, 0.1) is 6.04 Å². The van der Waals surface area contributed by atoms with Gasteiger partial charge < -0.3 is 5.32 Å². The SMILES string of the molecule is C[C](C)Nc1ccccc1. The molecule has 1 N–H and O–H groups in total. The Morgan fingerprint density at radius 1 is 1.10 bits per heavy atom. The number of benzene rings is 1. The predicted octanol–water partition coefficient (Wildman–Crippen LogP) is 2.67. The predicted molar refractivity (Wildman–Crippen MR) is 44.7 cm³/mol. The lowest BCUT2D eigenvalue weighted by atomic mass is 10.3. The van der Waals surface area contributed by atoms with Gasteiger partial charge in [-0.3, -0.25) is 0 Å². The lowest BCUT2D eigenvalue weighted by Gasteiger charge is -2.07. The summed E-state index contributed by atoms with van der Waals surface area (Å²) in [6.07, 6.45) is 0. The Hall–Kier alpha value is -0.980. The number of para-hydroxylation sites is 1. The van der Waals surface area contributed by atoms with Gasteiger partial charge in [-0.1, -0.05) is 18.2 Å². The molecule has 0 aliphatic carbocycles. The molecule has 1 rings (SSSR count). The fraction of sp³-hybridized carbons (Fsp3) is 0.222. The van der Waals surface area contributed by atoms with Crippen LogP contribution >= 0.6 is 0 Å². The lowest BCUT2D eigenvalue weighted by Crippen LogP contribution is -1.99. The van der Waals surface area contributed by atoms with Crippen molar-refractivity contribution in [2.45, 2.75) is 13.8 Å². The van der Waals surface area contributed by atoms with Crippen LogP contribution in [0.25, 0.3) is 0 Å². The second-order valence-corrected chi connectivity index (χ2v) is 2.49. The van der Waals surface area contributed by atoms with Crippen molar-refractivity contribution in [2.24, 2.45) is 0 Å². The van der Waals surface area contributed by atoms with Gasteiger partial charge in [0, 0.05) is 5.69 Å². The minimum Gasteiger partial charge on any atom is -0.378 e. The maximum atomic E-state index is 3.22. The number of nitrogens with one attached hydrogen (secondary N) is 1. The summed E-state index contributed by atoms with van der Waals surface area (Å²) in [6, 6.07) is 11.4. The normalized spacial score (nSPS) is 9.90. The van der Waals surface area contributed by atoms with Crippen molar-refractivity contribution < 1.29 is 0 Å². The van der Waals surface area contributed by atoms with Crippen molar-refractivity contribution in [1.29, 1.82) is 0 Å². The smallest absolute Gasteiger partial charge is 0.0541 e. The highest BCUT2D eigenvalue weighted by Gasteiger charge is 1.91. The minimum absolute atomic E-state index is 1.16. The summed E-state index contributed by atoms with van der Waals surface area (Å²) in [6.45, 7) is 4.10. The van der Waals surface area contributed by atoms with Crippen LogP contribution in [-0.2, 0) is 0 Å². The number of hydrogen-bond donors (Lipinski definition) is 1. The van der Waals surface area contributed by atoms with Gasteiger partial charge in [0.1, 0.15) is 0 Å². The molecule has 0 fully saturated rings. The van der Waals surface area contributed by atoms with Crippen molar-refractivity contribution in [3.63, 3.8) is 0 Å². The maximum Gasteiger partial charge on any atom is 0.0541 e. The summed E-state index contributed by atoms with van der Waals surface area (Å²) in [5.41, 5.74) is 1.16. The fourth-order valence-corrected chi connectivity index (χ4v) is 0.810. The van der Waals surface area contributed by atoms with Crippen LogP contribution in [0.2, 0.25) is 0 Å². The first-order chi connectivity index (χ1) is 4.79. The highest BCUT2D eigenvalue weighted by atomic mass is 14.9. The highest BCUT2D eigenvalue weighted by Crippen LogP contribution is 2.08. The van der Waals surface area contributed by atoms with Crippen molar-refractivity contribution in [2.75, 3.05) is 5.32 Å². The molecule has 0 aromatic heterocycles. The summed E-state index contributed by atoms with van der Waals surface area (Å²) >= 11 is 0. The Morgan fingerprint density at radius 3 is 2.20 bits per heavy atom. The molecule has 0 saturated heterocycles. The third kappa shape index (κ3) is 2.09. The molecule has 0 aliphatic rings. The van der Waals surface area contributed by atoms with E-state index >= 15 is 0 Å². The van der Waals surface area contributed by atoms with Gasteiger partial charge >= 0.3 is 0 Å². The van der Waals surface area contributed by atoms with Gasteiger partial charge in [-0.05, 0) is 26.0 Å². The van der Waals surface area contributed by atoms with Crippen LogP contribution in [0.5, 0.6) is 0 Å². The summed E-state index contributed by atoms with van der Waals surface area (Å²) in [4.78, 5) is 0. The Balaban J connectivity index is 2.59. The molecule has 10 heavy (non-hydrogen) atoms. The van der Waals surface area contributed by atoms with Crippen LogP contribution in [0.3, 0.4) is 0 Å². The van der Waals surface area contributed by atoms with Crippen LogP contribution in [0.1, 0.15) is 13.8 Å². The zero-order chi connectivity index (χ0) is 7.40. The van der Waals surface area contributed by atoms with Gasteiger partial charge in [0.25, 0.3) is 0 Å². The average molecular weight is 134 g/mol. The van der Waals surface area contributed by atoms with Crippen LogP contribution < -0.4 is 5.32 Å². The summed E-state index contributed by atoms with van der Waals surface area (Å²) in [7, 11) is 0. The average Bonchev–Trinajstić information content (AvgIpc) is 1.88. The first kappa shape index (κ1) is 7.13. The molecule has 1 radical (unpaired) electrons. The molecule has 1 nitrogen and oxygen atoms in total. The second-order valence-electron chi connectivity index (χ2n) is 2.49. The molecule has 0 saturated carbocycles.